The first kappa shape index (κ1) is 18.3. The second kappa shape index (κ2) is 9.28. The van der Waals surface area contributed by atoms with Crippen LogP contribution in [0.1, 0.15) is 44.6 Å². The molecule has 1 aromatic heterocycles. The molecular weight excluding hydrogens is 300 g/mol. The average Bonchev–Trinajstić information content (AvgIpc) is 3.12. The number of hydrogen-bond acceptors (Lipinski definition) is 3. The van der Waals surface area contributed by atoms with Crippen molar-refractivity contribution in [1.29, 1.82) is 0 Å². The number of nitrogens with one attached hydrogen (secondary N) is 1. The van der Waals surface area contributed by atoms with Crippen LogP contribution in [0.3, 0.4) is 0 Å². The van der Waals surface area contributed by atoms with Gasteiger partial charge in [-0.05, 0) is 44.1 Å². The van der Waals surface area contributed by atoms with E-state index in [-0.39, 0.29) is 18.0 Å². The van der Waals surface area contributed by atoms with E-state index in [2.05, 4.69) is 24.1 Å². The standard InChI is InChI=1S/C20H28N2O2/c1-4-22(5-2)19(17-10-7-6-8-11-17)20(23)21-16(3)13-14-18-12-9-15-24-18/h6-12,15-16,19H,4-5,13-14H2,1-3H3,(H,21,23). The number of furan rings is 1. The van der Waals surface area contributed by atoms with E-state index in [9.17, 15) is 4.79 Å². The van der Waals surface area contributed by atoms with Crippen molar-refractivity contribution in [3.05, 3.63) is 60.1 Å². The van der Waals surface area contributed by atoms with Gasteiger partial charge in [-0.2, -0.15) is 0 Å². The summed E-state index contributed by atoms with van der Waals surface area (Å²) in [6.07, 6.45) is 3.37. The van der Waals surface area contributed by atoms with Gasteiger partial charge in [0.1, 0.15) is 11.8 Å². The molecule has 1 aromatic carbocycles. The maximum atomic E-state index is 12.9. The van der Waals surface area contributed by atoms with Gasteiger partial charge in [-0.25, -0.2) is 0 Å². The minimum atomic E-state index is -0.243. The minimum Gasteiger partial charge on any atom is -0.469 e. The Bertz CT molecular complexity index is 591. The fourth-order valence-electron chi connectivity index (χ4n) is 2.96. The van der Waals surface area contributed by atoms with Crippen molar-refractivity contribution in [2.75, 3.05) is 13.1 Å². The van der Waals surface area contributed by atoms with Crippen molar-refractivity contribution in [2.24, 2.45) is 0 Å². The molecule has 0 radical (unpaired) electrons. The summed E-state index contributed by atoms with van der Waals surface area (Å²) in [7, 11) is 0. The van der Waals surface area contributed by atoms with Gasteiger partial charge >= 0.3 is 0 Å². The summed E-state index contributed by atoms with van der Waals surface area (Å²) in [5.74, 6) is 1.02. The normalized spacial score (nSPS) is 13.7. The van der Waals surface area contributed by atoms with Gasteiger partial charge in [0.25, 0.3) is 0 Å². The molecule has 0 aliphatic carbocycles. The second-order valence-electron chi connectivity index (χ2n) is 6.06. The van der Waals surface area contributed by atoms with Gasteiger partial charge in [0.15, 0.2) is 0 Å². The van der Waals surface area contributed by atoms with Gasteiger partial charge in [0.05, 0.1) is 6.26 Å². The number of nitrogens with zero attached hydrogens (tertiary/aromatic N) is 1. The summed E-state index contributed by atoms with van der Waals surface area (Å²) >= 11 is 0. The monoisotopic (exact) mass is 328 g/mol. The van der Waals surface area contributed by atoms with Crippen LogP contribution in [0.2, 0.25) is 0 Å². The molecule has 0 bridgehead atoms. The van der Waals surface area contributed by atoms with Crippen LogP contribution >= 0.6 is 0 Å². The summed E-state index contributed by atoms with van der Waals surface area (Å²) in [5, 5.41) is 3.17. The fraction of sp³-hybridized carbons (Fsp3) is 0.450. The van der Waals surface area contributed by atoms with Crippen molar-refractivity contribution in [3.63, 3.8) is 0 Å². The Morgan fingerprint density at radius 1 is 1.12 bits per heavy atom. The van der Waals surface area contributed by atoms with Crippen molar-refractivity contribution >= 4 is 5.91 Å². The maximum absolute atomic E-state index is 12.9. The number of carbonyl (C=O) groups excluding carboxylic acids is 1. The zero-order chi connectivity index (χ0) is 17.4. The van der Waals surface area contributed by atoms with Crippen LogP contribution in [-0.4, -0.2) is 29.9 Å². The lowest BCUT2D eigenvalue weighted by atomic mass is 10.0. The Balaban J connectivity index is 2.01. The van der Waals surface area contributed by atoms with Crippen LogP contribution < -0.4 is 5.32 Å². The molecule has 2 atom stereocenters. The van der Waals surface area contributed by atoms with E-state index < -0.39 is 0 Å². The Kier molecular flexibility index (Phi) is 7.07. The summed E-state index contributed by atoms with van der Waals surface area (Å²) in [6.45, 7) is 7.90. The molecule has 1 N–H and O–H groups in total. The Morgan fingerprint density at radius 3 is 2.42 bits per heavy atom. The Morgan fingerprint density at radius 2 is 1.83 bits per heavy atom. The molecule has 0 saturated carbocycles. The molecule has 130 valence electrons. The molecule has 2 aromatic rings. The van der Waals surface area contributed by atoms with E-state index in [4.69, 9.17) is 4.42 Å². The van der Waals surface area contributed by atoms with E-state index >= 15 is 0 Å². The van der Waals surface area contributed by atoms with Crippen molar-refractivity contribution in [2.45, 2.75) is 45.7 Å². The third kappa shape index (κ3) is 4.96. The van der Waals surface area contributed by atoms with Gasteiger partial charge in [-0.15, -0.1) is 0 Å². The van der Waals surface area contributed by atoms with E-state index in [1.54, 1.807) is 6.26 Å². The Hall–Kier alpha value is -2.07. The molecule has 0 aliphatic rings. The number of likely N-dealkylation sites (N-methyl/N-ethyl adjacent to an activating group) is 1. The van der Waals surface area contributed by atoms with Crippen LogP contribution in [0.5, 0.6) is 0 Å². The number of aryl methyl sites for hydroxylation is 1. The molecule has 1 heterocycles. The molecule has 2 unspecified atom stereocenters. The number of carbonyl (C=O) groups is 1. The zero-order valence-corrected chi connectivity index (χ0v) is 14.9. The highest BCUT2D eigenvalue weighted by molar-refractivity contribution is 5.83. The van der Waals surface area contributed by atoms with Crippen molar-refractivity contribution in [1.82, 2.24) is 10.2 Å². The fourth-order valence-corrected chi connectivity index (χ4v) is 2.96. The van der Waals surface area contributed by atoms with Crippen molar-refractivity contribution < 1.29 is 9.21 Å². The lowest BCUT2D eigenvalue weighted by molar-refractivity contribution is -0.127. The molecule has 2 rings (SSSR count). The van der Waals surface area contributed by atoms with Crippen molar-refractivity contribution in [3.8, 4) is 0 Å². The number of amides is 1. The van der Waals surface area contributed by atoms with Crippen LogP contribution in [0.15, 0.2) is 53.1 Å². The zero-order valence-electron chi connectivity index (χ0n) is 14.9. The van der Waals surface area contributed by atoms with Gasteiger partial charge in [-0.1, -0.05) is 44.2 Å². The highest BCUT2D eigenvalue weighted by Crippen LogP contribution is 2.21. The van der Waals surface area contributed by atoms with Gasteiger partial charge in [0, 0.05) is 12.5 Å². The molecule has 0 spiro atoms. The van der Waals surface area contributed by atoms with E-state index in [0.29, 0.717) is 0 Å². The summed E-state index contributed by atoms with van der Waals surface area (Å²) < 4.78 is 5.36. The number of hydrogen-bond donors (Lipinski definition) is 1. The smallest absolute Gasteiger partial charge is 0.242 e. The van der Waals surface area contributed by atoms with Crippen LogP contribution in [0.4, 0.5) is 0 Å². The highest BCUT2D eigenvalue weighted by atomic mass is 16.3. The van der Waals surface area contributed by atoms with Gasteiger partial charge in [0.2, 0.25) is 5.91 Å². The largest absolute Gasteiger partial charge is 0.469 e. The first-order valence-corrected chi connectivity index (χ1v) is 8.77. The van der Waals surface area contributed by atoms with E-state index in [0.717, 1.165) is 37.3 Å². The third-order valence-electron chi connectivity index (χ3n) is 4.33. The first-order valence-electron chi connectivity index (χ1n) is 8.77. The van der Waals surface area contributed by atoms with Crippen LogP contribution in [0, 0.1) is 0 Å². The third-order valence-corrected chi connectivity index (χ3v) is 4.33. The summed E-state index contributed by atoms with van der Waals surface area (Å²) in [4.78, 5) is 15.1. The summed E-state index contributed by atoms with van der Waals surface area (Å²) in [6, 6.07) is 13.7. The Labute approximate surface area is 144 Å². The van der Waals surface area contributed by atoms with E-state index in [1.165, 1.54) is 0 Å². The molecule has 24 heavy (non-hydrogen) atoms. The van der Waals surface area contributed by atoms with E-state index in [1.807, 2.05) is 49.4 Å². The van der Waals surface area contributed by atoms with Gasteiger partial charge in [-0.3, -0.25) is 9.69 Å². The average molecular weight is 328 g/mol. The van der Waals surface area contributed by atoms with Crippen LogP contribution in [0.25, 0.3) is 0 Å². The predicted octanol–water partition coefficient (Wildman–Crippen LogP) is 3.80. The topological polar surface area (TPSA) is 45.5 Å². The molecule has 4 nitrogen and oxygen atoms in total. The molecule has 4 heteroatoms. The predicted molar refractivity (Wildman–Crippen MR) is 96.7 cm³/mol. The summed E-state index contributed by atoms with van der Waals surface area (Å²) in [5.41, 5.74) is 1.04. The maximum Gasteiger partial charge on any atom is 0.242 e. The number of rotatable bonds is 9. The lowest BCUT2D eigenvalue weighted by Gasteiger charge is -2.30. The second-order valence-corrected chi connectivity index (χ2v) is 6.06. The highest BCUT2D eigenvalue weighted by Gasteiger charge is 2.26. The van der Waals surface area contributed by atoms with Crippen LogP contribution in [-0.2, 0) is 11.2 Å². The molecular formula is C20H28N2O2. The quantitative estimate of drug-likeness (QED) is 0.761. The molecule has 0 aliphatic heterocycles. The number of benzene rings is 1. The first-order chi connectivity index (χ1) is 11.7. The molecule has 1 amide bonds. The molecule has 0 saturated heterocycles. The lowest BCUT2D eigenvalue weighted by Crippen LogP contribution is -2.43. The SMILES string of the molecule is CCN(CC)C(C(=O)NC(C)CCc1ccco1)c1ccccc1. The molecule has 0 fully saturated rings. The minimum absolute atomic E-state index is 0.0665. The van der Waals surface area contributed by atoms with Gasteiger partial charge < -0.3 is 9.73 Å².